The Morgan fingerprint density at radius 2 is 2.15 bits per heavy atom. The number of ether oxygens (including phenoxy) is 1. The Labute approximate surface area is 118 Å². The van der Waals surface area contributed by atoms with Crippen molar-refractivity contribution in [3.8, 4) is 5.88 Å². The Balaban J connectivity index is 2.41. The molecule has 6 heteroatoms. The standard InChI is InChI=1S/C14H19N5O/c1-4-16-13(10-7-9(2)8-17-14(10)15)11-5-6-12(20-3)19-18-11/h5-8,13,16H,4H2,1-3H3,(H2,15,17). The van der Waals surface area contributed by atoms with Crippen LogP contribution in [-0.2, 0) is 0 Å². The fraction of sp³-hybridized carbons (Fsp3) is 0.357. The minimum atomic E-state index is -0.134. The van der Waals surface area contributed by atoms with Crippen molar-refractivity contribution in [3.63, 3.8) is 0 Å². The number of nitrogens with two attached hydrogens (primary N) is 1. The molecule has 0 bridgehead atoms. The summed E-state index contributed by atoms with van der Waals surface area (Å²) in [5, 5.41) is 11.6. The minimum absolute atomic E-state index is 0.134. The van der Waals surface area contributed by atoms with Crippen LogP contribution in [0.1, 0.15) is 29.8 Å². The number of methoxy groups -OCH3 is 1. The fourth-order valence-corrected chi connectivity index (χ4v) is 2.00. The van der Waals surface area contributed by atoms with Crippen molar-refractivity contribution in [3.05, 3.63) is 41.2 Å². The maximum Gasteiger partial charge on any atom is 0.233 e. The summed E-state index contributed by atoms with van der Waals surface area (Å²) in [6, 6.07) is 5.54. The molecule has 1 unspecified atom stereocenters. The lowest BCUT2D eigenvalue weighted by Crippen LogP contribution is -2.24. The number of nitrogen functional groups attached to an aromatic ring is 1. The number of hydrogen-bond acceptors (Lipinski definition) is 6. The van der Waals surface area contributed by atoms with Crippen LogP contribution in [0.25, 0.3) is 0 Å². The number of anilines is 1. The summed E-state index contributed by atoms with van der Waals surface area (Å²) in [7, 11) is 1.56. The van der Waals surface area contributed by atoms with Crippen molar-refractivity contribution in [1.29, 1.82) is 0 Å². The highest BCUT2D eigenvalue weighted by Gasteiger charge is 2.18. The average Bonchev–Trinajstić information content (AvgIpc) is 2.48. The van der Waals surface area contributed by atoms with Gasteiger partial charge in [-0.05, 0) is 31.2 Å². The van der Waals surface area contributed by atoms with Gasteiger partial charge in [0.1, 0.15) is 5.82 Å². The maximum atomic E-state index is 5.99. The Hall–Kier alpha value is -2.21. The molecule has 0 aliphatic rings. The number of nitrogens with one attached hydrogen (secondary N) is 1. The van der Waals surface area contributed by atoms with Gasteiger partial charge in [-0.1, -0.05) is 6.92 Å². The largest absolute Gasteiger partial charge is 0.480 e. The van der Waals surface area contributed by atoms with E-state index in [4.69, 9.17) is 10.5 Å². The van der Waals surface area contributed by atoms with Gasteiger partial charge >= 0.3 is 0 Å². The molecule has 0 saturated carbocycles. The molecule has 2 heterocycles. The Morgan fingerprint density at radius 3 is 2.75 bits per heavy atom. The molecule has 6 nitrogen and oxygen atoms in total. The van der Waals surface area contributed by atoms with Gasteiger partial charge in [0.05, 0.1) is 18.8 Å². The molecule has 0 aliphatic carbocycles. The molecule has 3 N–H and O–H groups in total. The third-order valence-electron chi connectivity index (χ3n) is 2.97. The first-order chi connectivity index (χ1) is 9.65. The highest BCUT2D eigenvalue weighted by molar-refractivity contribution is 5.46. The zero-order valence-corrected chi connectivity index (χ0v) is 11.9. The van der Waals surface area contributed by atoms with Gasteiger partial charge in [-0.3, -0.25) is 0 Å². The lowest BCUT2D eigenvalue weighted by Gasteiger charge is -2.19. The van der Waals surface area contributed by atoms with E-state index in [9.17, 15) is 0 Å². The van der Waals surface area contributed by atoms with Gasteiger partial charge in [0, 0.05) is 17.8 Å². The van der Waals surface area contributed by atoms with Crippen molar-refractivity contribution in [1.82, 2.24) is 20.5 Å². The van der Waals surface area contributed by atoms with Crippen molar-refractivity contribution >= 4 is 5.82 Å². The van der Waals surface area contributed by atoms with Crippen LogP contribution in [0.5, 0.6) is 5.88 Å². The second-order valence-corrected chi connectivity index (χ2v) is 4.48. The number of aromatic nitrogens is 3. The van der Waals surface area contributed by atoms with Gasteiger partial charge in [0.2, 0.25) is 5.88 Å². The van der Waals surface area contributed by atoms with Crippen molar-refractivity contribution in [2.45, 2.75) is 19.9 Å². The van der Waals surface area contributed by atoms with Crippen LogP contribution in [0.2, 0.25) is 0 Å². The molecular formula is C14H19N5O. The van der Waals surface area contributed by atoms with Crippen molar-refractivity contribution in [2.75, 3.05) is 19.4 Å². The van der Waals surface area contributed by atoms with Crippen LogP contribution in [0.15, 0.2) is 24.4 Å². The Bertz CT molecular complexity index is 570. The van der Waals surface area contributed by atoms with Crippen LogP contribution in [0.3, 0.4) is 0 Å². The lowest BCUT2D eigenvalue weighted by atomic mass is 10.0. The quantitative estimate of drug-likeness (QED) is 0.858. The molecule has 0 saturated heterocycles. The maximum absolute atomic E-state index is 5.99. The van der Waals surface area contributed by atoms with E-state index in [0.717, 1.165) is 23.4 Å². The molecule has 0 radical (unpaired) electrons. The van der Waals surface area contributed by atoms with Crippen LogP contribution < -0.4 is 15.8 Å². The summed E-state index contributed by atoms with van der Waals surface area (Å²) in [5.74, 6) is 0.985. The van der Waals surface area contributed by atoms with E-state index in [-0.39, 0.29) is 6.04 Å². The highest BCUT2D eigenvalue weighted by atomic mass is 16.5. The Kier molecular flexibility index (Phi) is 4.47. The molecule has 0 fully saturated rings. The molecule has 2 aromatic heterocycles. The van der Waals surface area contributed by atoms with Crippen LogP contribution in [0.4, 0.5) is 5.82 Å². The Morgan fingerprint density at radius 1 is 1.35 bits per heavy atom. The first-order valence-electron chi connectivity index (χ1n) is 6.48. The first-order valence-corrected chi connectivity index (χ1v) is 6.48. The first kappa shape index (κ1) is 14.2. The summed E-state index contributed by atoms with van der Waals surface area (Å²) in [6.07, 6.45) is 1.75. The third kappa shape index (κ3) is 3.03. The van der Waals surface area contributed by atoms with Crippen LogP contribution >= 0.6 is 0 Å². The minimum Gasteiger partial charge on any atom is -0.480 e. The predicted octanol–water partition coefficient (Wildman–Crippen LogP) is 1.47. The molecule has 106 valence electrons. The fourth-order valence-electron chi connectivity index (χ4n) is 2.00. The van der Waals surface area contributed by atoms with E-state index in [1.54, 1.807) is 19.4 Å². The number of rotatable bonds is 5. The molecule has 0 spiro atoms. The van der Waals surface area contributed by atoms with Gasteiger partial charge in [-0.25, -0.2) is 4.98 Å². The zero-order valence-electron chi connectivity index (χ0n) is 11.9. The van der Waals surface area contributed by atoms with Crippen molar-refractivity contribution < 1.29 is 4.74 Å². The van der Waals surface area contributed by atoms with E-state index >= 15 is 0 Å². The normalized spacial score (nSPS) is 12.2. The van der Waals surface area contributed by atoms with Crippen LogP contribution in [0, 0.1) is 6.92 Å². The third-order valence-corrected chi connectivity index (χ3v) is 2.97. The van der Waals surface area contributed by atoms with E-state index in [0.29, 0.717) is 11.7 Å². The van der Waals surface area contributed by atoms with Gasteiger partial charge in [-0.2, -0.15) is 0 Å². The molecule has 0 aliphatic heterocycles. The summed E-state index contributed by atoms with van der Waals surface area (Å²) in [5.41, 5.74) is 8.74. The second-order valence-electron chi connectivity index (χ2n) is 4.48. The number of pyridine rings is 1. The second kappa shape index (κ2) is 6.29. The monoisotopic (exact) mass is 273 g/mol. The van der Waals surface area contributed by atoms with Gasteiger partial charge in [-0.15, -0.1) is 10.2 Å². The zero-order chi connectivity index (χ0) is 14.5. The number of hydrogen-bond donors (Lipinski definition) is 2. The molecule has 0 amide bonds. The lowest BCUT2D eigenvalue weighted by molar-refractivity contribution is 0.390. The predicted molar refractivity (Wildman–Crippen MR) is 77.5 cm³/mol. The molecule has 20 heavy (non-hydrogen) atoms. The summed E-state index contributed by atoms with van der Waals surface area (Å²) >= 11 is 0. The van der Waals surface area contributed by atoms with E-state index < -0.39 is 0 Å². The van der Waals surface area contributed by atoms with E-state index in [1.165, 1.54) is 0 Å². The van der Waals surface area contributed by atoms with Gasteiger partial charge in [0.25, 0.3) is 0 Å². The highest BCUT2D eigenvalue weighted by Crippen LogP contribution is 2.25. The van der Waals surface area contributed by atoms with E-state index in [1.807, 2.05) is 26.0 Å². The number of nitrogens with zero attached hydrogens (tertiary/aromatic N) is 3. The molecule has 2 rings (SSSR count). The summed E-state index contributed by atoms with van der Waals surface area (Å²) < 4.78 is 5.03. The summed E-state index contributed by atoms with van der Waals surface area (Å²) in [4.78, 5) is 4.21. The van der Waals surface area contributed by atoms with Gasteiger partial charge < -0.3 is 15.8 Å². The summed E-state index contributed by atoms with van der Waals surface area (Å²) in [6.45, 7) is 4.80. The molecule has 0 aromatic carbocycles. The van der Waals surface area contributed by atoms with Crippen LogP contribution in [-0.4, -0.2) is 28.8 Å². The molecular weight excluding hydrogens is 254 g/mol. The average molecular weight is 273 g/mol. The topological polar surface area (TPSA) is 86.0 Å². The number of aryl methyl sites for hydroxylation is 1. The van der Waals surface area contributed by atoms with E-state index in [2.05, 4.69) is 20.5 Å². The smallest absolute Gasteiger partial charge is 0.233 e. The molecule has 2 aromatic rings. The molecule has 1 atom stereocenters. The SMILES string of the molecule is CCNC(c1ccc(OC)nn1)c1cc(C)cnc1N. The van der Waals surface area contributed by atoms with Crippen molar-refractivity contribution in [2.24, 2.45) is 0 Å². The van der Waals surface area contributed by atoms with Gasteiger partial charge in [0.15, 0.2) is 0 Å².